The predicted molar refractivity (Wildman–Crippen MR) is 68.2 cm³/mol. The molecular formula is C13H13F3N2O3. The number of benzene rings is 1. The minimum Gasteiger partial charge on any atom is -0.478 e. The summed E-state index contributed by atoms with van der Waals surface area (Å²) >= 11 is 0. The molecule has 2 rings (SSSR count). The lowest BCUT2D eigenvalue weighted by Crippen LogP contribution is -2.09. The van der Waals surface area contributed by atoms with Crippen LogP contribution in [0.1, 0.15) is 22.5 Å². The van der Waals surface area contributed by atoms with Crippen molar-refractivity contribution in [3.8, 4) is 0 Å². The standard InChI is InChI=1S/C13H13F3N2O3/c1-21-6-2-5-18-10-7-8(12(19)20)3-4-9(10)11(17-18)13(14,15)16/h3-4,7H,2,5-6H2,1H3,(H,19,20). The Morgan fingerprint density at radius 1 is 1.43 bits per heavy atom. The summed E-state index contributed by atoms with van der Waals surface area (Å²) in [5, 5.41) is 12.4. The van der Waals surface area contributed by atoms with Gasteiger partial charge in [-0.25, -0.2) is 4.79 Å². The van der Waals surface area contributed by atoms with E-state index in [0.717, 1.165) is 12.1 Å². The van der Waals surface area contributed by atoms with E-state index in [0.29, 0.717) is 13.0 Å². The molecule has 0 aliphatic carbocycles. The minimum absolute atomic E-state index is 0.0795. The number of alkyl halides is 3. The average Bonchev–Trinajstić information content (AvgIpc) is 2.77. The lowest BCUT2D eigenvalue weighted by atomic mass is 10.1. The zero-order chi connectivity index (χ0) is 15.6. The van der Waals surface area contributed by atoms with E-state index in [1.807, 2.05) is 0 Å². The first-order chi connectivity index (χ1) is 9.84. The Morgan fingerprint density at radius 2 is 2.14 bits per heavy atom. The molecule has 0 unspecified atom stereocenters. The number of carboxylic acid groups (broad SMARTS) is 1. The van der Waals surface area contributed by atoms with Gasteiger partial charge in [-0.1, -0.05) is 0 Å². The zero-order valence-electron chi connectivity index (χ0n) is 11.1. The number of aromatic nitrogens is 2. The maximum Gasteiger partial charge on any atom is 0.435 e. The quantitative estimate of drug-likeness (QED) is 0.863. The van der Waals surface area contributed by atoms with E-state index in [4.69, 9.17) is 9.84 Å². The number of halogens is 3. The fourth-order valence-corrected chi connectivity index (χ4v) is 2.05. The zero-order valence-corrected chi connectivity index (χ0v) is 11.1. The van der Waals surface area contributed by atoms with Crippen LogP contribution in [0.3, 0.4) is 0 Å². The maximum absolute atomic E-state index is 13.0. The van der Waals surface area contributed by atoms with Crippen LogP contribution in [-0.4, -0.2) is 34.6 Å². The molecule has 0 bridgehead atoms. The molecule has 0 aliphatic heterocycles. The summed E-state index contributed by atoms with van der Waals surface area (Å²) in [5.74, 6) is -1.20. The van der Waals surface area contributed by atoms with E-state index in [1.54, 1.807) is 0 Å². The van der Waals surface area contributed by atoms with Gasteiger partial charge in [0.05, 0.1) is 11.1 Å². The number of nitrogens with zero attached hydrogens (tertiary/aromatic N) is 2. The monoisotopic (exact) mass is 302 g/mol. The van der Waals surface area contributed by atoms with Gasteiger partial charge in [-0.15, -0.1) is 0 Å². The smallest absolute Gasteiger partial charge is 0.435 e. The molecule has 114 valence electrons. The molecule has 1 aromatic carbocycles. The Balaban J connectivity index is 2.54. The minimum atomic E-state index is -4.59. The third kappa shape index (κ3) is 3.15. The molecule has 5 nitrogen and oxygen atoms in total. The Labute approximate surface area is 117 Å². The van der Waals surface area contributed by atoms with Gasteiger partial charge < -0.3 is 9.84 Å². The van der Waals surface area contributed by atoms with E-state index in [9.17, 15) is 18.0 Å². The molecule has 0 radical (unpaired) electrons. The summed E-state index contributed by atoms with van der Waals surface area (Å²) in [6.45, 7) is 0.588. The third-order valence-corrected chi connectivity index (χ3v) is 2.99. The van der Waals surface area contributed by atoms with E-state index in [2.05, 4.69) is 5.10 Å². The van der Waals surface area contributed by atoms with Crippen molar-refractivity contribution >= 4 is 16.9 Å². The SMILES string of the molecule is COCCCn1nc(C(F)(F)F)c2ccc(C(=O)O)cc21. The summed E-state index contributed by atoms with van der Waals surface area (Å²) in [6.07, 6.45) is -4.11. The number of carbonyl (C=O) groups is 1. The highest BCUT2D eigenvalue weighted by atomic mass is 19.4. The lowest BCUT2D eigenvalue weighted by Gasteiger charge is -2.03. The number of ether oxygens (including phenoxy) is 1. The summed E-state index contributed by atoms with van der Waals surface area (Å²) in [7, 11) is 1.49. The molecule has 8 heteroatoms. The number of methoxy groups -OCH3 is 1. The molecule has 0 aliphatic rings. The van der Waals surface area contributed by atoms with Gasteiger partial charge in [0, 0.05) is 25.6 Å². The Kier molecular flexibility index (Phi) is 4.17. The molecule has 21 heavy (non-hydrogen) atoms. The Morgan fingerprint density at radius 3 is 2.71 bits per heavy atom. The second-order valence-corrected chi connectivity index (χ2v) is 4.45. The van der Waals surface area contributed by atoms with Crippen LogP contribution in [0.4, 0.5) is 13.2 Å². The molecule has 0 fully saturated rings. The van der Waals surface area contributed by atoms with Crippen molar-refractivity contribution in [2.75, 3.05) is 13.7 Å². The van der Waals surface area contributed by atoms with Gasteiger partial charge in [-0.2, -0.15) is 18.3 Å². The summed E-state index contributed by atoms with van der Waals surface area (Å²) in [5.41, 5.74) is -0.936. The van der Waals surface area contributed by atoms with E-state index in [-0.39, 0.29) is 23.0 Å². The topological polar surface area (TPSA) is 64.4 Å². The first kappa shape index (κ1) is 15.3. The molecule has 0 saturated carbocycles. The first-order valence-corrected chi connectivity index (χ1v) is 6.14. The largest absolute Gasteiger partial charge is 0.478 e. The number of carboxylic acids is 1. The predicted octanol–water partition coefficient (Wildman–Crippen LogP) is 2.79. The van der Waals surface area contributed by atoms with Gasteiger partial charge in [0.15, 0.2) is 5.69 Å². The van der Waals surface area contributed by atoms with Crippen molar-refractivity contribution in [1.82, 2.24) is 9.78 Å². The van der Waals surface area contributed by atoms with Crippen molar-refractivity contribution in [2.24, 2.45) is 0 Å². The normalized spacial score (nSPS) is 12.0. The average molecular weight is 302 g/mol. The van der Waals surface area contributed by atoms with Crippen LogP contribution in [-0.2, 0) is 17.5 Å². The van der Waals surface area contributed by atoms with Crippen molar-refractivity contribution in [3.63, 3.8) is 0 Å². The van der Waals surface area contributed by atoms with Gasteiger partial charge in [-0.3, -0.25) is 4.68 Å². The van der Waals surface area contributed by atoms with Crippen molar-refractivity contribution in [3.05, 3.63) is 29.5 Å². The van der Waals surface area contributed by atoms with Crippen molar-refractivity contribution in [2.45, 2.75) is 19.1 Å². The lowest BCUT2D eigenvalue weighted by molar-refractivity contribution is -0.140. The number of aromatic carboxylic acids is 1. The molecule has 2 aromatic rings. The number of rotatable bonds is 5. The summed E-state index contributed by atoms with van der Waals surface area (Å²) < 4.78 is 44.9. The van der Waals surface area contributed by atoms with Gasteiger partial charge in [0.25, 0.3) is 0 Å². The van der Waals surface area contributed by atoms with Crippen LogP contribution >= 0.6 is 0 Å². The Hall–Kier alpha value is -2.09. The van der Waals surface area contributed by atoms with Crippen LogP contribution < -0.4 is 0 Å². The molecular weight excluding hydrogens is 289 g/mol. The first-order valence-electron chi connectivity index (χ1n) is 6.14. The highest BCUT2D eigenvalue weighted by molar-refractivity contribution is 5.94. The highest BCUT2D eigenvalue weighted by Gasteiger charge is 2.36. The number of hydrogen-bond donors (Lipinski definition) is 1. The summed E-state index contributed by atoms with van der Waals surface area (Å²) in [4.78, 5) is 10.9. The fourth-order valence-electron chi connectivity index (χ4n) is 2.05. The molecule has 1 N–H and O–H groups in total. The molecule has 1 heterocycles. The third-order valence-electron chi connectivity index (χ3n) is 2.99. The maximum atomic E-state index is 13.0. The highest BCUT2D eigenvalue weighted by Crippen LogP contribution is 2.34. The van der Waals surface area contributed by atoms with Crippen LogP contribution in [0.5, 0.6) is 0 Å². The van der Waals surface area contributed by atoms with E-state index in [1.165, 1.54) is 17.9 Å². The van der Waals surface area contributed by atoms with Crippen LogP contribution in [0, 0.1) is 0 Å². The van der Waals surface area contributed by atoms with Crippen LogP contribution in [0.2, 0.25) is 0 Å². The van der Waals surface area contributed by atoms with Gasteiger partial charge in [0.1, 0.15) is 0 Å². The molecule has 0 atom stereocenters. The Bertz CT molecular complexity index is 664. The van der Waals surface area contributed by atoms with Crippen molar-refractivity contribution in [1.29, 1.82) is 0 Å². The molecule has 0 spiro atoms. The van der Waals surface area contributed by atoms with Crippen molar-refractivity contribution < 1.29 is 27.8 Å². The summed E-state index contributed by atoms with van der Waals surface area (Å²) in [6, 6.07) is 3.48. The van der Waals surface area contributed by atoms with Gasteiger partial charge in [0.2, 0.25) is 0 Å². The molecule has 0 amide bonds. The molecule has 1 aromatic heterocycles. The molecule has 0 saturated heterocycles. The number of fused-ring (bicyclic) bond motifs is 1. The number of hydrogen-bond acceptors (Lipinski definition) is 3. The second kappa shape index (κ2) is 5.72. The second-order valence-electron chi connectivity index (χ2n) is 4.45. The van der Waals surface area contributed by atoms with Gasteiger partial charge in [-0.05, 0) is 24.6 Å². The number of aryl methyl sites for hydroxylation is 1. The van der Waals surface area contributed by atoms with E-state index < -0.39 is 17.8 Å². The fraction of sp³-hybridized carbons (Fsp3) is 0.385. The van der Waals surface area contributed by atoms with Gasteiger partial charge >= 0.3 is 12.1 Å². The van der Waals surface area contributed by atoms with Crippen LogP contribution in [0.25, 0.3) is 10.9 Å². The van der Waals surface area contributed by atoms with Crippen LogP contribution in [0.15, 0.2) is 18.2 Å². The van der Waals surface area contributed by atoms with E-state index >= 15 is 0 Å².